The molecule has 0 radical (unpaired) electrons. The molecule has 0 N–H and O–H groups in total. The Kier molecular flexibility index (Phi) is 2.41. The number of nitrogens with zero attached hydrogens (tertiary/aromatic N) is 2. The minimum atomic E-state index is -0.836. The molecule has 0 atom stereocenters. The SMILES string of the molecule is Cc1ccccc1-c1c(F)ncnc1F. The van der Waals surface area contributed by atoms with Gasteiger partial charge in [0.1, 0.15) is 6.33 Å². The van der Waals surface area contributed by atoms with Gasteiger partial charge in [0.15, 0.2) is 0 Å². The molecule has 0 aliphatic rings. The Morgan fingerprint density at radius 2 is 1.60 bits per heavy atom. The van der Waals surface area contributed by atoms with Crippen molar-refractivity contribution >= 4 is 0 Å². The molecule has 0 fully saturated rings. The van der Waals surface area contributed by atoms with E-state index in [4.69, 9.17) is 0 Å². The summed E-state index contributed by atoms with van der Waals surface area (Å²) in [6, 6.07) is 6.94. The predicted octanol–water partition coefficient (Wildman–Crippen LogP) is 2.73. The molecule has 4 heteroatoms. The van der Waals surface area contributed by atoms with Crippen LogP contribution >= 0.6 is 0 Å². The van der Waals surface area contributed by atoms with E-state index in [1.165, 1.54) is 0 Å². The highest BCUT2D eigenvalue weighted by Gasteiger charge is 2.14. The molecule has 0 bridgehead atoms. The Labute approximate surface area is 85.6 Å². The van der Waals surface area contributed by atoms with Crippen LogP contribution in [0.15, 0.2) is 30.6 Å². The van der Waals surface area contributed by atoms with Gasteiger partial charge in [0.05, 0.1) is 5.56 Å². The second-order valence-corrected chi connectivity index (χ2v) is 3.15. The van der Waals surface area contributed by atoms with Gasteiger partial charge < -0.3 is 0 Å². The van der Waals surface area contributed by atoms with Crippen molar-refractivity contribution in [3.05, 3.63) is 48.1 Å². The second kappa shape index (κ2) is 3.73. The lowest BCUT2D eigenvalue weighted by Crippen LogP contribution is -1.97. The van der Waals surface area contributed by atoms with Crippen LogP contribution < -0.4 is 0 Å². The Morgan fingerprint density at radius 3 is 2.20 bits per heavy atom. The standard InChI is InChI=1S/C11H8F2N2/c1-7-4-2-3-5-8(7)9-10(12)14-6-15-11(9)13/h2-6H,1H3. The molecule has 0 amide bonds. The number of rotatable bonds is 1. The molecule has 0 aliphatic carbocycles. The van der Waals surface area contributed by atoms with Crippen LogP contribution in [0.1, 0.15) is 5.56 Å². The first-order chi connectivity index (χ1) is 7.20. The van der Waals surface area contributed by atoms with E-state index in [1.807, 2.05) is 0 Å². The molecule has 0 unspecified atom stereocenters. The molecule has 0 aliphatic heterocycles. The van der Waals surface area contributed by atoms with Gasteiger partial charge in [0.2, 0.25) is 11.9 Å². The van der Waals surface area contributed by atoms with E-state index in [9.17, 15) is 8.78 Å². The largest absolute Gasteiger partial charge is 0.226 e. The maximum atomic E-state index is 13.3. The number of benzene rings is 1. The summed E-state index contributed by atoms with van der Waals surface area (Å²) >= 11 is 0. The van der Waals surface area contributed by atoms with E-state index in [1.54, 1.807) is 31.2 Å². The molecule has 0 saturated heterocycles. The van der Waals surface area contributed by atoms with Crippen molar-refractivity contribution in [2.24, 2.45) is 0 Å². The van der Waals surface area contributed by atoms with Crippen LogP contribution in [0, 0.1) is 18.8 Å². The summed E-state index contributed by atoms with van der Waals surface area (Å²) in [5.74, 6) is -1.67. The molecular weight excluding hydrogens is 198 g/mol. The Balaban J connectivity index is 2.69. The lowest BCUT2D eigenvalue weighted by atomic mass is 10.0. The van der Waals surface area contributed by atoms with Crippen molar-refractivity contribution < 1.29 is 8.78 Å². The summed E-state index contributed by atoms with van der Waals surface area (Å²) in [5.41, 5.74) is 1.09. The van der Waals surface area contributed by atoms with Crippen molar-refractivity contribution in [3.63, 3.8) is 0 Å². The van der Waals surface area contributed by atoms with E-state index >= 15 is 0 Å². The van der Waals surface area contributed by atoms with Gasteiger partial charge in [-0.05, 0) is 18.1 Å². The molecule has 2 rings (SSSR count). The van der Waals surface area contributed by atoms with E-state index in [0.717, 1.165) is 11.9 Å². The number of halogens is 2. The minimum absolute atomic E-state index is 0.171. The van der Waals surface area contributed by atoms with Crippen LogP contribution in [-0.4, -0.2) is 9.97 Å². The zero-order chi connectivity index (χ0) is 10.8. The third kappa shape index (κ3) is 1.70. The van der Waals surface area contributed by atoms with Gasteiger partial charge in [-0.1, -0.05) is 24.3 Å². The molecule has 1 aromatic heterocycles. The van der Waals surface area contributed by atoms with Gasteiger partial charge in [-0.15, -0.1) is 0 Å². The van der Waals surface area contributed by atoms with Crippen molar-refractivity contribution in [2.75, 3.05) is 0 Å². The molecule has 2 aromatic rings. The highest BCUT2D eigenvalue weighted by molar-refractivity contribution is 5.66. The van der Waals surface area contributed by atoms with Gasteiger partial charge in [-0.2, -0.15) is 8.78 Å². The number of hydrogen-bond donors (Lipinski definition) is 0. The van der Waals surface area contributed by atoms with Crippen LogP contribution in [0.3, 0.4) is 0 Å². The highest BCUT2D eigenvalue weighted by atomic mass is 19.1. The summed E-state index contributed by atoms with van der Waals surface area (Å²) < 4.78 is 26.7. The number of aromatic nitrogens is 2. The van der Waals surface area contributed by atoms with E-state index in [0.29, 0.717) is 5.56 Å². The zero-order valence-electron chi connectivity index (χ0n) is 8.04. The fraction of sp³-hybridized carbons (Fsp3) is 0.0909. The first-order valence-electron chi connectivity index (χ1n) is 4.42. The Hall–Kier alpha value is -1.84. The fourth-order valence-electron chi connectivity index (χ4n) is 1.42. The van der Waals surface area contributed by atoms with Crippen LogP contribution in [0.5, 0.6) is 0 Å². The van der Waals surface area contributed by atoms with Crippen LogP contribution in [-0.2, 0) is 0 Å². The molecular formula is C11H8F2N2. The van der Waals surface area contributed by atoms with Crippen molar-refractivity contribution in [1.29, 1.82) is 0 Å². The third-order valence-electron chi connectivity index (χ3n) is 2.17. The molecule has 15 heavy (non-hydrogen) atoms. The summed E-state index contributed by atoms with van der Waals surface area (Å²) in [4.78, 5) is 6.68. The van der Waals surface area contributed by atoms with E-state index in [2.05, 4.69) is 9.97 Å². The summed E-state index contributed by atoms with van der Waals surface area (Å²) in [6.07, 6.45) is 0.867. The van der Waals surface area contributed by atoms with Crippen molar-refractivity contribution in [3.8, 4) is 11.1 Å². The summed E-state index contributed by atoms with van der Waals surface area (Å²) in [7, 11) is 0. The van der Waals surface area contributed by atoms with Gasteiger partial charge in [0, 0.05) is 0 Å². The van der Waals surface area contributed by atoms with Gasteiger partial charge in [0.25, 0.3) is 0 Å². The molecule has 1 aromatic carbocycles. The Morgan fingerprint density at radius 1 is 1.00 bits per heavy atom. The number of aryl methyl sites for hydroxylation is 1. The fourth-order valence-corrected chi connectivity index (χ4v) is 1.42. The zero-order valence-corrected chi connectivity index (χ0v) is 8.04. The lowest BCUT2D eigenvalue weighted by Gasteiger charge is -2.06. The molecule has 0 saturated carbocycles. The van der Waals surface area contributed by atoms with Gasteiger partial charge in [-0.25, -0.2) is 9.97 Å². The summed E-state index contributed by atoms with van der Waals surface area (Å²) in [6.45, 7) is 1.78. The molecule has 2 nitrogen and oxygen atoms in total. The van der Waals surface area contributed by atoms with Crippen molar-refractivity contribution in [2.45, 2.75) is 6.92 Å². The van der Waals surface area contributed by atoms with Crippen molar-refractivity contribution in [1.82, 2.24) is 9.97 Å². The lowest BCUT2D eigenvalue weighted by molar-refractivity contribution is 0.531. The van der Waals surface area contributed by atoms with E-state index in [-0.39, 0.29) is 5.56 Å². The topological polar surface area (TPSA) is 25.8 Å². The van der Waals surface area contributed by atoms with Gasteiger partial charge >= 0.3 is 0 Å². The normalized spacial score (nSPS) is 10.3. The monoisotopic (exact) mass is 206 g/mol. The first-order valence-corrected chi connectivity index (χ1v) is 4.42. The smallest absolute Gasteiger partial charge is 0.207 e. The van der Waals surface area contributed by atoms with Crippen LogP contribution in [0.4, 0.5) is 8.78 Å². The summed E-state index contributed by atoms with van der Waals surface area (Å²) in [5, 5.41) is 0. The highest BCUT2D eigenvalue weighted by Crippen LogP contribution is 2.26. The first kappa shape index (κ1) is 9.71. The molecule has 1 heterocycles. The van der Waals surface area contributed by atoms with Crippen LogP contribution in [0.25, 0.3) is 11.1 Å². The van der Waals surface area contributed by atoms with Crippen LogP contribution in [0.2, 0.25) is 0 Å². The van der Waals surface area contributed by atoms with Gasteiger partial charge in [-0.3, -0.25) is 0 Å². The average molecular weight is 206 g/mol. The maximum Gasteiger partial charge on any atom is 0.226 e. The van der Waals surface area contributed by atoms with E-state index < -0.39 is 11.9 Å². The second-order valence-electron chi connectivity index (χ2n) is 3.15. The third-order valence-corrected chi connectivity index (χ3v) is 2.17. The quantitative estimate of drug-likeness (QED) is 0.670. The Bertz CT molecular complexity index is 477. The predicted molar refractivity (Wildman–Crippen MR) is 52.1 cm³/mol. The maximum absolute atomic E-state index is 13.3. The molecule has 0 spiro atoms. The molecule has 76 valence electrons. The number of hydrogen-bond acceptors (Lipinski definition) is 2. The minimum Gasteiger partial charge on any atom is -0.207 e. The average Bonchev–Trinajstić information content (AvgIpc) is 2.20.